The summed E-state index contributed by atoms with van der Waals surface area (Å²) in [4.78, 5) is 0. The number of hydrogen-bond donors (Lipinski definition) is 1. The molecule has 1 radical (unpaired) electrons. The van der Waals surface area contributed by atoms with Gasteiger partial charge >= 0.3 is 0 Å². The summed E-state index contributed by atoms with van der Waals surface area (Å²) >= 11 is 3.24. The molecule has 3 N–H and O–H groups in total. The quantitative estimate of drug-likeness (QED) is 0.294. The maximum atomic E-state index is 8.89. The molecular weight excluding hydrogens is 286 g/mol. The van der Waals surface area contributed by atoms with E-state index in [0.717, 1.165) is 0 Å². The van der Waals surface area contributed by atoms with E-state index in [0.29, 0.717) is 0 Å². The predicted octanol–water partition coefficient (Wildman–Crippen LogP) is -2.18. The van der Waals surface area contributed by atoms with Gasteiger partial charge in [-0.25, -0.2) is 0 Å². The third-order valence-electron chi connectivity index (χ3n) is 0. The Kier molecular flexibility index (Phi) is 15.8. The van der Waals surface area contributed by atoms with E-state index >= 15 is 0 Å². The molecule has 0 aliphatic rings. The molecule has 0 amide bonds. The third-order valence-corrected chi connectivity index (χ3v) is 0. The van der Waals surface area contributed by atoms with E-state index in [4.69, 9.17) is 30.8 Å². The molecule has 0 fully saturated rings. The van der Waals surface area contributed by atoms with Crippen LogP contribution in [0.25, 0.3) is 0 Å². The molecule has 0 saturated carbocycles. The summed E-state index contributed by atoms with van der Waals surface area (Å²) in [6, 6.07) is 0. The fraction of sp³-hybridized carbons (Fsp3) is 0. The summed E-state index contributed by atoms with van der Waals surface area (Å²) in [5, 5.41) is 0. The van der Waals surface area contributed by atoms with E-state index in [9.17, 15) is 0 Å². The van der Waals surface area contributed by atoms with Crippen LogP contribution >= 0.6 is 0 Å². The van der Waals surface area contributed by atoms with Crippen molar-refractivity contribution >= 4 is 30.6 Å². The van der Waals surface area contributed by atoms with Crippen LogP contribution in [0.1, 0.15) is 0 Å². The minimum atomic E-state index is -5.17. The zero-order valence-corrected chi connectivity index (χ0v) is 8.48. The van der Waals surface area contributed by atoms with Gasteiger partial charge < -0.3 is 24.4 Å². The second-order valence-corrected chi connectivity index (χ2v) is 3.67. The van der Waals surface area contributed by atoms with Crippen LogP contribution in [0, 0.1) is 0 Å². The van der Waals surface area contributed by atoms with Gasteiger partial charge in [0.2, 0.25) is 0 Å². The van der Waals surface area contributed by atoms with Crippen LogP contribution in [0.3, 0.4) is 0 Å². The number of hydrogen-bond acceptors (Lipinski definition) is 9. The molecule has 0 bridgehead atoms. The average molecular weight is 289 g/mol. The van der Waals surface area contributed by atoms with Gasteiger partial charge in [-0.3, -0.25) is 12.6 Å². The van der Waals surface area contributed by atoms with Crippen LogP contribution < -0.4 is 6.15 Å². The molecule has 0 atom stereocenters. The second-order valence-electron chi connectivity index (χ2n) is 0.816. The molecule has 0 aliphatic carbocycles. The van der Waals surface area contributed by atoms with Crippen molar-refractivity contribution in [1.29, 1.82) is 0 Å². The molecule has 0 heterocycles. The van der Waals surface area contributed by atoms with Gasteiger partial charge in [-0.05, 0) is 11.2 Å². The summed E-state index contributed by atoms with van der Waals surface area (Å²) in [5.41, 5.74) is 0. The van der Waals surface area contributed by atoms with Crippen molar-refractivity contribution in [3.05, 3.63) is 0 Å². The topological polar surface area (TPSA) is 178 Å². The molecular formula is H3CuNO7S3-4. The van der Waals surface area contributed by atoms with Gasteiger partial charge in [0.05, 0.1) is 0 Å². The average Bonchev–Trinajstić information content (AvgIpc) is 1.12. The summed E-state index contributed by atoms with van der Waals surface area (Å²) in [6.45, 7) is 0. The minimum absolute atomic E-state index is 0. The van der Waals surface area contributed by atoms with Gasteiger partial charge in [-0.15, -0.1) is 9.05 Å². The molecule has 12 heavy (non-hydrogen) atoms. The summed E-state index contributed by atoms with van der Waals surface area (Å²) in [7, 11) is -9.50. The zero-order valence-electron chi connectivity index (χ0n) is 5.09. The molecule has 0 aliphatic heterocycles. The molecule has 0 aromatic heterocycles. The Morgan fingerprint density at radius 1 is 0.917 bits per heavy atom. The van der Waals surface area contributed by atoms with E-state index in [-0.39, 0.29) is 23.2 Å². The molecule has 0 aromatic rings. The van der Waals surface area contributed by atoms with E-state index < -0.39 is 19.5 Å². The van der Waals surface area contributed by atoms with Gasteiger partial charge in [0, 0.05) is 27.5 Å². The van der Waals surface area contributed by atoms with Gasteiger partial charge in [0.15, 0.2) is 0 Å². The number of rotatable bonds is 0. The Morgan fingerprint density at radius 2 is 0.917 bits per heavy atom. The summed E-state index contributed by atoms with van der Waals surface area (Å²) < 4.78 is 60.8. The van der Waals surface area contributed by atoms with Crippen LogP contribution in [0.5, 0.6) is 0 Å². The van der Waals surface area contributed by atoms with Crippen LogP contribution in [0.2, 0.25) is 0 Å². The molecule has 0 rings (SSSR count). The van der Waals surface area contributed by atoms with Crippen LogP contribution in [0.4, 0.5) is 0 Å². The van der Waals surface area contributed by atoms with Crippen molar-refractivity contribution in [2.75, 3.05) is 0 Å². The Labute approximate surface area is 84.7 Å². The van der Waals surface area contributed by atoms with Crippen molar-refractivity contribution in [2.24, 2.45) is 0 Å². The normalized spacial score (nSPS) is 9.67. The van der Waals surface area contributed by atoms with Crippen molar-refractivity contribution in [2.45, 2.75) is 0 Å². The third kappa shape index (κ3) is 2420. The summed E-state index contributed by atoms with van der Waals surface area (Å²) in [5.74, 6) is 0. The van der Waals surface area contributed by atoms with Crippen molar-refractivity contribution < 1.29 is 47.9 Å². The Morgan fingerprint density at radius 3 is 0.917 bits per heavy atom. The second kappa shape index (κ2) is 8.25. The van der Waals surface area contributed by atoms with Gasteiger partial charge in [-0.2, -0.15) is 0 Å². The first-order valence-corrected chi connectivity index (χ1v) is 5.00. The molecule has 12 heteroatoms. The van der Waals surface area contributed by atoms with Gasteiger partial charge in [0.25, 0.3) is 0 Å². The SMILES string of the molecule is N.O=S(=O)([O-])[O-].O=S([O-])([O-])=S.[Cu]. The van der Waals surface area contributed by atoms with Crippen molar-refractivity contribution in [3.63, 3.8) is 0 Å². The monoisotopic (exact) mass is 288 g/mol. The van der Waals surface area contributed by atoms with Crippen molar-refractivity contribution in [3.8, 4) is 0 Å². The summed E-state index contributed by atoms with van der Waals surface area (Å²) in [6.07, 6.45) is 0. The maximum Gasteiger partial charge on any atom is 0.0311 e. The first-order valence-electron chi connectivity index (χ1n) is 1.33. The van der Waals surface area contributed by atoms with Crippen LogP contribution in [-0.2, 0) is 47.7 Å². The molecule has 0 unspecified atom stereocenters. The largest absolute Gasteiger partial charge is 0.780 e. The maximum absolute atomic E-state index is 8.89. The first-order chi connectivity index (χ1) is 4.00. The first kappa shape index (κ1) is 22.9. The van der Waals surface area contributed by atoms with Crippen molar-refractivity contribution in [1.82, 2.24) is 6.15 Å². The van der Waals surface area contributed by atoms with E-state index in [2.05, 4.69) is 11.2 Å². The molecule has 8 nitrogen and oxygen atoms in total. The molecule has 83 valence electrons. The Hall–Kier alpha value is 0.639. The van der Waals surface area contributed by atoms with Gasteiger partial charge in [0.1, 0.15) is 0 Å². The van der Waals surface area contributed by atoms with E-state index in [1.165, 1.54) is 0 Å². The predicted molar refractivity (Wildman–Crippen MR) is 32.6 cm³/mol. The van der Waals surface area contributed by atoms with Gasteiger partial charge in [-0.1, -0.05) is 0 Å². The zero-order chi connectivity index (χ0) is 9.00. The minimum Gasteiger partial charge on any atom is -0.780 e. The fourth-order valence-corrected chi connectivity index (χ4v) is 0. The molecule has 0 spiro atoms. The van der Waals surface area contributed by atoms with Crippen LogP contribution in [-0.4, -0.2) is 30.8 Å². The van der Waals surface area contributed by atoms with Crippen LogP contribution in [0.15, 0.2) is 0 Å². The van der Waals surface area contributed by atoms with E-state index in [1.54, 1.807) is 0 Å². The smallest absolute Gasteiger partial charge is 0.0311 e. The Balaban J connectivity index is -0.0000000457. The molecule has 0 aromatic carbocycles. The molecule has 0 saturated heterocycles. The van der Waals surface area contributed by atoms with E-state index in [1.807, 2.05) is 0 Å². The fourth-order valence-electron chi connectivity index (χ4n) is 0. The Bertz CT molecular complexity index is 215. The standard InChI is InChI=1S/Cu.H3N.H2O4S.H2O3S2/c;;2*1-5(2,3)4/h;1H3;2*(H2,1,2,3,4)/p-4.